The molecule has 15 nitrogen and oxygen atoms in total. The van der Waals surface area contributed by atoms with Crippen LogP contribution in [0.4, 0.5) is 4.79 Å². The molecule has 4 unspecified atom stereocenters. The number of ether oxygens (including phenoxy) is 7. The monoisotopic (exact) mass is 587 g/mol. The molecule has 0 saturated carbocycles. The van der Waals surface area contributed by atoms with E-state index < -0.39 is 35.7 Å². The van der Waals surface area contributed by atoms with Gasteiger partial charge in [0.1, 0.15) is 53.9 Å². The maximum atomic E-state index is 12.9. The first-order chi connectivity index (χ1) is 20.2. The highest BCUT2D eigenvalue weighted by Gasteiger charge is 2.51. The molecule has 5 rings (SSSR count). The second kappa shape index (κ2) is 12.1. The van der Waals surface area contributed by atoms with Crippen molar-refractivity contribution in [3.63, 3.8) is 0 Å². The zero-order valence-electron chi connectivity index (χ0n) is 23.2. The van der Waals surface area contributed by atoms with Crippen molar-refractivity contribution in [2.24, 2.45) is 0 Å². The second-order valence-electron chi connectivity index (χ2n) is 9.64. The average molecular weight is 588 g/mol. The molecule has 42 heavy (non-hydrogen) atoms. The van der Waals surface area contributed by atoms with E-state index in [1.807, 2.05) is 26.0 Å². The second-order valence-corrected chi connectivity index (χ2v) is 9.64. The van der Waals surface area contributed by atoms with Crippen molar-refractivity contribution in [2.45, 2.75) is 38.3 Å². The molecule has 15 heteroatoms. The lowest BCUT2D eigenvalue weighted by atomic mass is 10.0. The summed E-state index contributed by atoms with van der Waals surface area (Å²) in [6.07, 6.45) is -4.00. The molecule has 0 aliphatic carbocycles. The SMILES string of the molecule is COc1cc(OC)c2c(=O)[nH]c(-c3cc(C)c(OCCOC(=O)OC4COC5C(O[N+](=O)[O-])COC45)c(C)c3)nc2c1. The van der Waals surface area contributed by atoms with Crippen LogP contribution in [0.5, 0.6) is 17.2 Å². The largest absolute Gasteiger partial charge is 0.508 e. The molecule has 1 N–H and O–H groups in total. The topological polar surface area (TPSA) is 180 Å². The molecule has 224 valence electrons. The number of aromatic amines is 1. The van der Waals surface area contributed by atoms with Crippen molar-refractivity contribution in [3.05, 3.63) is 55.9 Å². The van der Waals surface area contributed by atoms with Crippen LogP contribution in [0, 0.1) is 24.0 Å². The van der Waals surface area contributed by atoms with Gasteiger partial charge in [0.15, 0.2) is 12.2 Å². The Morgan fingerprint density at radius 3 is 2.40 bits per heavy atom. The van der Waals surface area contributed by atoms with E-state index in [0.29, 0.717) is 39.5 Å². The van der Waals surface area contributed by atoms with Crippen LogP contribution in [0.3, 0.4) is 0 Å². The van der Waals surface area contributed by atoms with Gasteiger partial charge in [-0.3, -0.25) is 4.79 Å². The summed E-state index contributed by atoms with van der Waals surface area (Å²) >= 11 is 0. The Balaban J connectivity index is 1.18. The Morgan fingerprint density at radius 1 is 1.05 bits per heavy atom. The summed E-state index contributed by atoms with van der Waals surface area (Å²) < 4.78 is 37.8. The van der Waals surface area contributed by atoms with Crippen LogP contribution in [-0.2, 0) is 23.8 Å². The number of benzene rings is 2. The van der Waals surface area contributed by atoms with Crippen molar-refractivity contribution in [2.75, 3.05) is 40.6 Å². The third-order valence-corrected chi connectivity index (χ3v) is 6.92. The number of H-pyrrole nitrogens is 1. The molecule has 2 aliphatic rings. The summed E-state index contributed by atoms with van der Waals surface area (Å²) in [6, 6.07) is 6.94. The number of hydrogen-bond donors (Lipinski definition) is 1. The van der Waals surface area contributed by atoms with Gasteiger partial charge in [-0.2, -0.15) is 0 Å². The lowest BCUT2D eigenvalue weighted by molar-refractivity contribution is -0.769. The molecule has 4 atom stereocenters. The van der Waals surface area contributed by atoms with Gasteiger partial charge in [0.05, 0.1) is 33.0 Å². The Labute approximate surface area is 238 Å². The summed E-state index contributed by atoms with van der Waals surface area (Å²) in [5.41, 5.74) is 2.30. The van der Waals surface area contributed by atoms with E-state index in [0.717, 1.165) is 11.1 Å². The fourth-order valence-corrected chi connectivity index (χ4v) is 5.10. The number of hydrogen-bond acceptors (Lipinski definition) is 13. The zero-order valence-corrected chi connectivity index (χ0v) is 23.2. The number of methoxy groups -OCH3 is 2. The predicted octanol–water partition coefficient (Wildman–Crippen LogP) is 2.50. The standard InChI is InChI=1S/C27H29N3O12/c1-13-7-15(25-28-17-9-16(35-3)10-18(36-4)21(17)26(31)29-25)8-14(2)22(13)37-5-6-38-27(32)41-19-11-39-24-20(42-30(33)34)12-40-23(19)24/h7-10,19-20,23-24H,5-6,11-12H2,1-4H3,(H,28,29,31). The Hall–Kier alpha value is -4.63. The van der Waals surface area contributed by atoms with Gasteiger partial charge in [-0.25, -0.2) is 9.78 Å². The predicted molar refractivity (Wildman–Crippen MR) is 143 cm³/mol. The van der Waals surface area contributed by atoms with Gasteiger partial charge in [0, 0.05) is 17.7 Å². The first kappa shape index (κ1) is 28.9. The lowest BCUT2D eigenvalue weighted by Gasteiger charge is -2.17. The minimum atomic E-state index is -0.946. The zero-order chi connectivity index (χ0) is 30.0. The van der Waals surface area contributed by atoms with Crippen LogP contribution in [0.2, 0.25) is 0 Å². The molecule has 0 radical (unpaired) electrons. The number of rotatable bonds is 10. The van der Waals surface area contributed by atoms with Crippen molar-refractivity contribution in [1.29, 1.82) is 0 Å². The number of nitrogens with one attached hydrogen (secondary N) is 1. The van der Waals surface area contributed by atoms with E-state index in [1.54, 1.807) is 12.1 Å². The van der Waals surface area contributed by atoms with Crippen LogP contribution in [0.15, 0.2) is 29.1 Å². The quantitative estimate of drug-likeness (QED) is 0.158. The maximum Gasteiger partial charge on any atom is 0.508 e. The van der Waals surface area contributed by atoms with E-state index in [1.165, 1.54) is 14.2 Å². The summed E-state index contributed by atoms with van der Waals surface area (Å²) in [6.45, 7) is 3.59. The number of carbonyl (C=O) groups excluding carboxylic acids is 1. The smallest absolute Gasteiger partial charge is 0.497 e. The van der Waals surface area contributed by atoms with Gasteiger partial charge in [-0.1, -0.05) is 0 Å². The van der Waals surface area contributed by atoms with Crippen LogP contribution < -0.4 is 19.8 Å². The van der Waals surface area contributed by atoms with E-state index in [2.05, 4.69) is 14.8 Å². The molecular formula is C27H29N3O12. The molecule has 2 aliphatic heterocycles. The van der Waals surface area contributed by atoms with Gasteiger partial charge < -0.3 is 43.0 Å². The fourth-order valence-electron chi connectivity index (χ4n) is 5.10. The summed E-state index contributed by atoms with van der Waals surface area (Å²) in [5.74, 6) is 1.82. The third kappa shape index (κ3) is 5.87. The van der Waals surface area contributed by atoms with Crippen LogP contribution in [-0.4, -0.2) is 86.3 Å². The van der Waals surface area contributed by atoms with Crippen molar-refractivity contribution in [1.82, 2.24) is 9.97 Å². The molecule has 3 heterocycles. The first-order valence-corrected chi connectivity index (χ1v) is 13.0. The summed E-state index contributed by atoms with van der Waals surface area (Å²) in [5, 5.41) is 10.0. The maximum absolute atomic E-state index is 12.9. The highest BCUT2D eigenvalue weighted by atomic mass is 17.0. The van der Waals surface area contributed by atoms with Crippen LogP contribution in [0.25, 0.3) is 22.3 Å². The van der Waals surface area contributed by atoms with Gasteiger partial charge in [0.2, 0.25) is 0 Å². The van der Waals surface area contributed by atoms with Crippen molar-refractivity contribution >= 4 is 17.1 Å². The normalized spacial score (nSPS) is 21.0. The van der Waals surface area contributed by atoms with E-state index >= 15 is 0 Å². The molecule has 0 spiro atoms. The lowest BCUT2D eigenvalue weighted by Crippen LogP contribution is -2.36. The molecule has 2 saturated heterocycles. The highest BCUT2D eigenvalue weighted by Crippen LogP contribution is 2.32. The molecule has 3 aromatic rings. The summed E-state index contributed by atoms with van der Waals surface area (Å²) in [4.78, 5) is 47.7. The van der Waals surface area contributed by atoms with Gasteiger partial charge in [0.25, 0.3) is 10.6 Å². The Morgan fingerprint density at radius 2 is 1.74 bits per heavy atom. The number of aromatic nitrogens is 2. The highest BCUT2D eigenvalue weighted by molar-refractivity contribution is 5.87. The van der Waals surface area contributed by atoms with Crippen LogP contribution in [0.1, 0.15) is 11.1 Å². The molecule has 2 aromatic carbocycles. The van der Waals surface area contributed by atoms with Gasteiger partial charge in [-0.05, 0) is 37.1 Å². The molecule has 1 aromatic heterocycles. The van der Waals surface area contributed by atoms with Crippen molar-refractivity contribution < 1.29 is 47.9 Å². The van der Waals surface area contributed by atoms with Crippen LogP contribution >= 0.6 is 0 Å². The average Bonchev–Trinajstić information content (AvgIpc) is 3.53. The number of fused-ring (bicyclic) bond motifs is 2. The third-order valence-electron chi connectivity index (χ3n) is 6.92. The minimum absolute atomic E-state index is 0.00165. The Kier molecular flexibility index (Phi) is 8.31. The molecule has 0 amide bonds. The van der Waals surface area contributed by atoms with E-state index in [4.69, 9.17) is 33.2 Å². The molecule has 0 bridgehead atoms. The number of carbonyl (C=O) groups is 1. The minimum Gasteiger partial charge on any atom is -0.497 e. The molecule has 2 fully saturated rings. The fraction of sp³-hybridized carbons (Fsp3) is 0.444. The first-order valence-electron chi connectivity index (χ1n) is 13.0. The van der Waals surface area contributed by atoms with Gasteiger partial charge in [-0.15, -0.1) is 10.1 Å². The Bertz CT molecular complexity index is 1530. The van der Waals surface area contributed by atoms with Gasteiger partial charge >= 0.3 is 6.16 Å². The van der Waals surface area contributed by atoms with E-state index in [-0.39, 0.29) is 32.0 Å². The van der Waals surface area contributed by atoms with E-state index in [9.17, 15) is 19.7 Å². The molecular weight excluding hydrogens is 558 g/mol. The summed E-state index contributed by atoms with van der Waals surface area (Å²) in [7, 11) is 2.99. The van der Waals surface area contributed by atoms with Crippen molar-refractivity contribution in [3.8, 4) is 28.6 Å². The number of aryl methyl sites for hydroxylation is 2. The number of nitrogens with zero attached hydrogens (tertiary/aromatic N) is 2.